The van der Waals surface area contributed by atoms with Gasteiger partial charge in [0, 0.05) is 11.6 Å². The van der Waals surface area contributed by atoms with Gasteiger partial charge in [-0.15, -0.1) is 0 Å². The molecule has 0 fully saturated rings. The van der Waals surface area contributed by atoms with Gasteiger partial charge in [-0.25, -0.2) is 0 Å². The first-order chi connectivity index (χ1) is 10.3. The lowest BCUT2D eigenvalue weighted by Crippen LogP contribution is -1.99. The Morgan fingerprint density at radius 1 is 1.05 bits per heavy atom. The highest BCUT2D eigenvalue weighted by Gasteiger charge is 2.03. The summed E-state index contributed by atoms with van der Waals surface area (Å²) in [6.07, 6.45) is 2.77. The van der Waals surface area contributed by atoms with Crippen molar-refractivity contribution in [2.45, 2.75) is 20.0 Å². The van der Waals surface area contributed by atoms with Crippen LogP contribution in [0.5, 0.6) is 5.75 Å². The highest BCUT2D eigenvalue weighted by molar-refractivity contribution is 5.78. The molecule has 3 aromatic rings. The summed E-state index contributed by atoms with van der Waals surface area (Å²) in [4.78, 5) is 4.31. The first kappa shape index (κ1) is 13.4. The van der Waals surface area contributed by atoms with Crippen LogP contribution in [0, 0.1) is 0 Å². The number of benzene rings is 2. The molecule has 0 bridgehead atoms. The molecule has 1 aromatic heterocycles. The summed E-state index contributed by atoms with van der Waals surface area (Å²) >= 11 is 0. The van der Waals surface area contributed by atoms with Crippen molar-refractivity contribution in [2.75, 3.05) is 5.73 Å². The molecule has 0 amide bonds. The summed E-state index contributed by atoms with van der Waals surface area (Å²) < 4.78 is 5.83. The third-order valence-corrected chi connectivity index (χ3v) is 3.54. The minimum atomic E-state index is 0.501. The van der Waals surface area contributed by atoms with Crippen molar-refractivity contribution in [1.29, 1.82) is 0 Å². The van der Waals surface area contributed by atoms with E-state index >= 15 is 0 Å². The van der Waals surface area contributed by atoms with Gasteiger partial charge in [0.25, 0.3) is 0 Å². The summed E-state index contributed by atoms with van der Waals surface area (Å²) in [5.41, 5.74) is 10.0. The van der Waals surface area contributed by atoms with Crippen LogP contribution in [0.1, 0.15) is 18.1 Å². The zero-order valence-electron chi connectivity index (χ0n) is 12.0. The molecule has 3 heteroatoms. The van der Waals surface area contributed by atoms with E-state index in [0.29, 0.717) is 12.3 Å². The molecule has 1 heterocycles. The maximum Gasteiger partial charge on any atom is 0.142 e. The number of hydrogen-bond acceptors (Lipinski definition) is 3. The van der Waals surface area contributed by atoms with Crippen molar-refractivity contribution in [2.24, 2.45) is 0 Å². The molecule has 0 saturated carbocycles. The van der Waals surface area contributed by atoms with Crippen molar-refractivity contribution in [1.82, 2.24) is 4.98 Å². The van der Waals surface area contributed by atoms with Gasteiger partial charge in [-0.2, -0.15) is 0 Å². The number of anilines is 1. The molecular formula is C18H18N2O. The van der Waals surface area contributed by atoms with Crippen LogP contribution < -0.4 is 10.5 Å². The molecule has 0 aliphatic heterocycles. The van der Waals surface area contributed by atoms with Crippen LogP contribution in [0.15, 0.2) is 54.7 Å². The quantitative estimate of drug-likeness (QED) is 0.735. The third kappa shape index (κ3) is 2.97. The van der Waals surface area contributed by atoms with Gasteiger partial charge in [-0.3, -0.25) is 4.98 Å². The average molecular weight is 278 g/mol. The Morgan fingerprint density at radius 2 is 1.90 bits per heavy atom. The molecule has 0 saturated heterocycles. The van der Waals surface area contributed by atoms with E-state index in [4.69, 9.17) is 10.5 Å². The Morgan fingerprint density at radius 3 is 2.71 bits per heavy atom. The summed E-state index contributed by atoms with van der Waals surface area (Å²) in [7, 11) is 0. The van der Waals surface area contributed by atoms with Crippen molar-refractivity contribution in [3.63, 3.8) is 0 Å². The topological polar surface area (TPSA) is 48.1 Å². The summed E-state index contributed by atoms with van der Waals surface area (Å²) in [6.45, 7) is 2.61. The molecule has 21 heavy (non-hydrogen) atoms. The maximum atomic E-state index is 6.02. The fraction of sp³-hybridized carbons (Fsp3) is 0.167. The SMILES string of the molecule is CCc1ccc(OCc2ccc3ncccc3c2)c(N)c1. The Kier molecular flexibility index (Phi) is 3.73. The number of fused-ring (bicyclic) bond motifs is 1. The molecule has 0 atom stereocenters. The van der Waals surface area contributed by atoms with E-state index in [9.17, 15) is 0 Å². The van der Waals surface area contributed by atoms with Crippen molar-refractivity contribution in [3.8, 4) is 5.75 Å². The number of nitrogens with two attached hydrogens (primary N) is 1. The van der Waals surface area contributed by atoms with Crippen LogP contribution in [0.3, 0.4) is 0 Å². The smallest absolute Gasteiger partial charge is 0.142 e. The maximum absolute atomic E-state index is 6.02. The first-order valence-electron chi connectivity index (χ1n) is 7.11. The fourth-order valence-corrected chi connectivity index (χ4v) is 2.33. The Bertz CT molecular complexity index is 768. The number of ether oxygens (including phenoxy) is 1. The normalized spacial score (nSPS) is 10.7. The zero-order valence-corrected chi connectivity index (χ0v) is 12.0. The Labute approximate surface area is 124 Å². The second kappa shape index (κ2) is 5.83. The molecule has 0 aliphatic rings. The molecular weight excluding hydrogens is 260 g/mol. The molecule has 3 rings (SSSR count). The summed E-state index contributed by atoms with van der Waals surface area (Å²) in [6, 6.07) is 16.1. The van der Waals surface area contributed by atoms with E-state index in [1.807, 2.05) is 30.3 Å². The first-order valence-corrected chi connectivity index (χ1v) is 7.11. The van der Waals surface area contributed by atoms with Crippen LogP contribution in [0.2, 0.25) is 0 Å². The monoisotopic (exact) mass is 278 g/mol. The Balaban J connectivity index is 1.77. The van der Waals surface area contributed by atoms with Crippen LogP contribution in [-0.2, 0) is 13.0 Å². The highest BCUT2D eigenvalue weighted by Crippen LogP contribution is 2.24. The van der Waals surface area contributed by atoms with Gasteiger partial charge in [0.2, 0.25) is 0 Å². The van der Waals surface area contributed by atoms with Crippen LogP contribution in [0.4, 0.5) is 5.69 Å². The van der Waals surface area contributed by atoms with E-state index < -0.39 is 0 Å². The van der Waals surface area contributed by atoms with Gasteiger partial charge in [-0.05, 0) is 47.9 Å². The third-order valence-electron chi connectivity index (χ3n) is 3.54. The Hall–Kier alpha value is -2.55. The fourth-order valence-electron chi connectivity index (χ4n) is 2.33. The second-order valence-electron chi connectivity index (χ2n) is 5.04. The number of nitrogen functional groups attached to an aromatic ring is 1. The largest absolute Gasteiger partial charge is 0.487 e. The minimum absolute atomic E-state index is 0.501. The summed E-state index contributed by atoms with van der Waals surface area (Å²) in [5, 5.41) is 1.12. The van der Waals surface area contributed by atoms with Gasteiger partial charge >= 0.3 is 0 Å². The molecule has 0 spiro atoms. The molecule has 106 valence electrons. The standard InChI is InChI=1S/C18H18N2O/c1-2-13-6-8-18(16(19)11-13)21-12-14-5-7-17-15(10-14)4-3-9-20-17/h3-11H,2,12,19H2,1H3. The molecule has 2 N–H and O–H groups in total. The van der Waals surface area contributed by atoms with Gasteiger partial charge in [0.15, 0.2) is 0 Å². The number of nitrogens with zero attached hydrogens (tertiary/aromatic N) is 1. The summed E-state index contributed by atoms with van der Waals surface area (Å²) in [5.74, 6) is 0.735. The molecule has 3 nitrogen and oxygen atoms in total. The van der Waals surface area contributed by atoms with E-state index in [0.717, 1.165) is 28.6 Å². The molecule has 0 unspecified atom stereocenters. The highest BCUT2D eigenvalue weighted by atomic mass is 16.5. The van der Waals surface area contributed by atoms with Crippen molar-refractivity contribution >= 4 is 16.6 Å². The number of rotatable bonds is 4. The number of aryl methyl sites for hydroxylation is 1. The lowest BCUT2D eigenvalue weighted by molar-refractivity contribution is 0.308. The predicted molar refractivity (Wildman–Crippen MR) is 86.3 cm³/mol. The lowest BCUT2D eigenvalue weighted by atomic mass is 10.1. The van der Waals surface area contributed by atoms with E-state index in [1.54, 1.807) is 6.20 Å². The van der Waals surface area contributed by atoms with E-state index in [-0.39, 0.29) is 0 Å². The lowest BCUT2D eigenvalue weighted by Gasteiger charge is -2.10. The van der Waals surface area contributed by atoms with Gasteiger partial charge < -0.3 is 10.5 Å². The average Bonchev–Trinajstić information content (AvgIpc) is 2.53. The zero-order chi connectivity index (χ0) is 14.7. The molecule has 2 aromatic carbocycles. The molecule has 0 radical (unpaired) electrons. The minimum Gasteiger partial charge on any atom is -0.487 e. The van der Waals surface area contributed by atoms with Crippen LogP contribution in [-0.4, -0.2) is 4.98 Å². The number of aromatic nitrogens is 1. The van der Waals surface area contributed by atoms with Gasteiger partial charge in [0.1, 0.15) is 12.4 Å². The van der Waals surface area contributed by atoms with E-state index in [2.05, 4.69) is 30.1 Å². The van der Waals surface area contributed by atoms with E-state index in [1.165, 1.54) is 5.56 Å². The second-order valence-corrected chi connectivity index (χ2v) is 5.04. The number of pyridine rings is 1. The molecule has 0 aliphatic carbocycles. The van der Waals surface area contributed by atoms with Crippen molar-refractivity contribution in [3.05, 3.63) is 65.9 Å². The van der Waals surface area contributed by atoms with Crippen LogP contribution in [0.25, 0.3) is 10.9 Å². The predicted octanol–water partition coefficient (Wildman–Crippen LogP) is 3.96. The number of hydrogen-bond donors (Lipinski definition) is 1. The van der Waals surface area contributed by atoms with Crippen molar-refractivity contribution < 1.29 is 4.74 Å². The van der Waals surface area contributed by atoms with Gasteiger partial charge in [0.05, 0.1) is 11.2 Å². The van der Waals surface area contributed by atoms with Crippen LogP contribution >= 0.6 is 0 Å². The van der Waals surface area contributed by atoms with Gasteiger partial charge in [-0.1, -0.05) is 25.1 Å².